The molecule has 2 aliphatic rings. The first-order valence-electron chi connectivity index (χ1n) is 13.7. The van der Waals surface area contributed by atoms with Crippen LogP contribution in [0, 0.1) is 0 Å². The van der Waals surface area contributed by atoms with Crippen LogP contribution in [0.15, 0.2) is 30.5 Å². The first-order chi connectivity index (χ1) is 17.8. The molecule has 3 aromatic rings. The second-order valence-corrected chi connectivity index (χ2v) is 11.2. The Bertz CT molecular complexity index is 1180. The average Bonchev–Trinajstić information content (AvgIpc) is 3.53. The quantitative estimate of drug-likeness (QED) is 0.382. The molecule has 8 nitrogen and oxygen atoms in total. The summed E-state index contributed by atoms with van der Waals surface area (Å²) >= 11 is 0. The first kappa shape index (κ1) is 25.8. The maximum Gasteiger partial charge on any atom is 0.173 e. The molecule has 2 fully saturated rings. The van der Waals surface area contributed by atoms with Crippen molar-refractivity contribution in [2.75, 3.05) is 13.6 Å². The smallest absolute Gasteiger partial charge is 0.173 e. The number of hydrogen-bond donors (Lipinski definition) is 0. The number of hydrogen-bond acceptors (Lipinski definition) is 6. The number of likely N-dealkylation sites (tertiary alicyclic amines) is 1. The number of alkyl halides is 1. The molecule has 1 aliphatic heterocycles. The Morgan fingerprint density at radius 1 is 0.973 bits per heavy atom. The molecular formula is C28H40FN7O. The van der Waals surface area contributed by atoms with Gasteiger partial charge >= 0.3 is 0 Å². The van der Waals surface area contributed by atoms with Crippen LogP contribution in [0.1, 0.15) is 112 Å². The molecule has 1 saturated carbocycles. The zero-order valence-electron chi connectivity index (χ0n) is 22.7. The number of piperidine rings is 1. The van der Waals surface area contributed by atoms with Crippen LogP contribution in [-0.4, -0.2) is 54.5 Å². The monoisotopic (exact) mass is 509 g/mol. The van der Waals surface area contributed by atoms with Crippen LogP contribution in [-0.2, 0) is 7.05 Å². The molecule has 2 aromatic heterocycles. The predicted molar refractivity (Wildman–Crippen MR) is 140 cm³/mol. The first-order valence-corrected chi connectivity index (χ1v) is 13.7. The molecule has 0 radical (unpaired) electrons. The van der Waals surface area contributed by atoms with E-state index in [1.807, 2.05) is 37.8 Å². The largest absolute Gasteiger partial charge is 0.483 e. The van der Waals surface area contributed by atoms with Gasteiger partial charge in [0.1, 0.15) is 11.6 Å². The molecule has 37 heavy (non-hydrogen) atoms. The van der Waals surface area contributed by atoms with Gasteiger partial charge in [0.25, 0.3) is 0 Å². The molecule has 2 unspecified atom stereocenters. The molecule has 3 heterocycles. The van der Waals surface area contributed by atoms with Crippen molar-refractivity contribution in [3.63, 3.8) is 0 Å². The van der Waals surface area contributed by atoms with E-state index < -0.39 is 6.30 Å². The molecule has 0 spiro atoms. The topological polar surface area (TPSA) is 73.9 Å². The van der Waals surface area contributed by atoms with Crippen molar-refractivity contribution in [2.24, 2.45) is 7.05 Å². The van der Waals surface area contributed by atoms with Crippen molar-refractivity contribution in [3.05, 3.63) is 53.4 Å². The summed E-state index contributed by atoms with van der Waals surface area (Å²) in [6.45, 7) is 7.16. The molecule has 5 rings (SSSR count). The highest BCUT2D eigenvalue weighted by molar-refractivity contribution is 5.30. The van der Waals surface area contributed by atoms with Gasteiger partial charge in [0.15, 0.2) is 18.2 Å². The summed E-state index contributed by atoms with van der Waals surface area (Å²) in [4.78, 5) is 1.78. The van der Waals surface area contributed by atoms with E-state index in [1.165, 1.54) is 5.56 Å². The number of benzene rings is 1. The maximum atomic E-state index is 14.2. The van der Waals surface area contributed by atoms with E-state index in [2.05, 4.69) is 57.3 Å². The molecule has 200 valence electrons. The van der Waals surface area contributed by atoms with Crippen LogP contribution in [0.25, 0.3) is 0 Å². The maximum absolute atomic E-state index is 14.2. The molecule has 0 bridgehead atoms. The predicted octanol–water partition coefficient (Wildman–Crippen LogP) is 5.67. The fourth-order valence-electron chi connectivity index (χ4n) is 5.82. The minimum Gasteiger partial charge on any atom is -0.483 e. The van der Waals surface area contributed by atoms with Gasteiger partial charge in [-0.2, -0.15) is 0 Å². The van der Waals surface area contributed by atoms with Gasteiger partial charge in [-0.05, 0) is 69.7 Å². The lowest BCUT2D eigenvalue weighted by Crippen LogP contribution is -2.36. The highest BCUT2D eigenvalue weighted by Crippen LogP contribution is 2.38. The van der Waals surface area contributed by atoms with Crippen LogP contribution in [0.3, 0.4) is 0 Å². The van der Waals surface area contributed by atoms with E-state index in [0.29, 0.717) is 24.3 Å². The van der Waals surface area contributed by atoms with E-state index in [1.54, 1.807) is 4.90 Å². The number of halogens is 1. The number of rotatable bonds is 7. The minimum absolute atomic E-state index is 0.158. The van der Waals surface area contributed by atoms with Crippen LogP contribution < -0.4 is 4.74 Å². The average molecular weight is 510 g/mol. The second kappa shape index (κ2) is 10.9. The lowest BCUT2D eigenvalue weighted by atomic mass is 9.85. The zero-order chi connectivity index (χ0) is 26.1. The molecule has 9 heteroatoms. The van der Waals surface area contributed by atoms with Gasteiger partial charge in [-0.3, -0.25) is 4.90 Å². The van der Waals surface area contributed by atoms with Gasteiger partial charge in [0, 0.05) is 38.0 Å². The van der Waals surface area contributed by atoms with Gasteiger partial charge in [-0.25, -0.2) is 9.07 Å². The van der Waals surface area contributed by atoms with Crippen molar-refractivity contribution in [1.82, 2.24) is 34.7 Å². The summed E-state index contributed by atoms with van der Waals surface area (Å²) in [6, 6.07) is 8.61. The lowest BCUT2D eigenvalue weighted by Gasteiger charge is -2.31. The molecule has 3 atom stereocenters. The van der Waals surface area contributed by atoms with E-state index in [0.717, 1.165) is 61.7 Å². The third kappa shape index (κ3) is 5.56. The van der Waals surface area contributed by atoms with Crippen LogP contribution >= 0.6 is 0 Å². The van der Waals surface area contributed by atoms with Crippen molar-refractivity contribution >= 4 is 0 Å². The fraction of sp³-hybridized carbons (Fsp3) is 0.643. The van der Waals surface area contributed by atoms with Crippen molar-refractivity contribution < 1.29 is 9.13 Å². The standard InChI is InChI=1S/C28H40FN7O/c1-18(2)21-7-6-8-24(15-21)37-19(3)27-31-32-28(35(27)5)20-9-11-23(12-10-20)36-17-25(30-33-36)22-13-14-34(4)26(29)16-22/h6-8,15,17-20,22-23,26H,9-14,16H2,1-5H3/t19-,20?,22?,23?,26?/m1/s1. The van der Waals surface area contributed by atoms with E-state index in [9.17, 15) is 4.39 Å². The van der Waals surface area contributed by atoms with Gasteiger partial charge in [-0.15, -0.1) is 15.3 Å². The summed E-state index contributed by atoms with van der Waals surface area (Å²) in [5.41, 5.74) is 2.20. The molecule has 1 aliphatic carbocycles. The Balaban J connectivity index is 1.19. The second-order valence-electron chi connectivity index (χ2n) is 11.2. The molecule has 0 N–H and O–H groups in total. The molecular weight excluding hydrogens is 469 g/mol. The van der Waals surface area contributed by atoms with E-state index >= 15 is 0 Å². The third-order valence-electron chi connectivity index (χ3n) is 8.31. The van der Waals surface area contributed by atoms with Gasteiger partial charge < -0.3 is 9.30 Å². The highest BCUT2D eigenvalue weighted by Gasteiger charge is 2.31. The zero-order valence-corrected chi connectivity index (χ0v) is 22.7. The summed E-state index contributed by atoms with van der Waals surface area (Å²) < 4.78 is 24.5. The van der Waals surface area contributed by atoms with Gasteiger partial charge in [-0.1, -0.05) is 31.2 Å². The van der Waals surface area contributed by atoms with Crippen molar-refractivity contribution in [1.29, 1.82) is 0 Å². The Labute approximate surface area is 219 Å². The Hall–Kier alpha value is -2.81. The number of nitrogens with zero attached hydrogens (tertiary/aromatic N) is 7. The summed E-state index contributed by atoms with van der Waals surface area (Å²) in [5.74, 6) is 3.71. The van der Waals surface area contributed by atoms with E-state index in [-0.39, 0.29) is 12.0 Å². The highest BCUT2D eigenvalue weighted by atomic mass is 19.1. The van der Waals surface area contributed by atoms with Gasteiger partial charge in [0.2, 0.25) is 0 Å². The van der Waals surface area contributed by atoms with Crippen LogP contribution in [0.5, 0.6) is 5.75 Å². The van der Waals surface area contributed by atoms with E-state index in [4.69, 9.17) is 4.74 Å². The Kier molecular flexibility index (Phi) is 7.60. The number of ether oxygens (including phenoxy) is 1. The summed E-state index contributed by atoms with van der Waals surface area (Å²) in [5, 5.41) is 18.0. The lowest BCUT2D eigenvalue weighted by molar-refractivity contribution is 0.0598. The van der Waals surface area contributed by atoms with Crippen molar-refractivity contribution in [2.45, 2.75) is 95.5 Å². The SMILES string of the molecule is CC(C)c1cccc(O[C@H](C)c2nnc(C3CCC(n4cc(C5CCN(C)C(F)C5)nn4)CC3)n2C)c1. The Morgan fingerprint density at radius 3 is 2.49 bits per heavy atom. The molecule has 1 saturated heterocycles. The van der Waals surface area contributed by atoms with Crippen LogP contribution in [0.2, 0.25) is 0 Å². The summed E-state index contributed by atoms with van der Waals surface area (Å²) in [7, 11) is 3.89. The molecule has 0 amide bonds. The normalized spacial score (nSPS) is 25.9. The molecule has 1 aromatic carbocycles. The van der Waals surface area contributed by atoms with Crippen LogP contribution in [0.4, 0.5) is 4.39 Å². The Morgan fingerprint density at radius 2 is 1.76 bits per heavy atom. The minimum atomic E-state index is -0.894. The third-order valence-corrected chi connectivity index (χ3v) is 8.31. The van der Waals surface area contributed by atoms with Gasteiger partial charge in [0.05, 0.1) is 11.7 Å². The number of aromatic nitrogens is 6. The fourth-order valence-corrected chi connectivity index (χ4v) is 5.82. The summed E-state index contributed by atoms with van der Waals surface area (Å²) in [6.07, 6.45) is 6.49. The van der Waals surface area contributed by atoms with Crippen molar-refractivity contribution in [3.8, 4) is 5.75 Å².